The van der Waals surface area contributed by atoms with E-state index in [0.717, 1.165) is 11.1 Å². The van der Waals surface area contributed by atoms with Crippen molar-refractivity contribution in [3.05, 3.63) is 35.1 Å². The van der Waals surface area contributed by atoms with E-state index in [0.29, 0.717) is 50.9 Å². The number of nitrogens with two attached hydrogens (primary N) is 1. The number of hydrogen-bond donors (Lipinski definition) is 5. The van der Waals surface area contributed by atoms with Crippen molar-refractivity contribution in [3.63, 3.8) is 0 Å². The number of phenolic OH excluding ortho intramolecular Hbond substituents is 1. The summed E-state index contributed by atoms with van der Waals surface area (Å²) >= 11 is 0. The first-order valence-electron chi connectivity index (χ1n) is 15.2. The van der Waals surface area contributed by atoms with Gasteiger partial charge in [-0.2, -0.15) is 0 Å². The minimum absolute atomic E-state index is 0.0359. The molecule has 1 aromatic rings. The molecule has 1 spiro atoms. The van der Waals surface area contributed by atoms with Gasteiger partial charge in [0, 0.05) is 31.5 Å². The van der Waals surface area contributed by atoms with E-state index >= 15 is 0 Å². The lowest BCUT2D eigenvalue weighted by molar-refractivity contribution is -0.175. The molecule has 2 heterocycles. The number of amides is 2. The highest BCUT2D eigenvalue weighted by Gasteiger charge is 2.72. The fourth-order valence-electron chi connectivity index (χ4n) is 7.36. The highest BCUT2D eigenvalue weighted by molar-refractivity contribution is 5.87. The number of rotatable bonds is 12. The summed E-state index contributed by atoms with van der Waals surface area (Å²) in [6, 6.07) is 2.53. The van der Waals surface area contributed by atoms with E-state index in [4.69, 9.17) is 19.9 Å². The third-order valence-corrected chi connectivity index (χ3v) is 9.48. The van der Waals surface area contributed by atoms with E-state index in [1.807, 2.05) is 13.1 Å². The van der Waals surface area contributed by atoms with E-state index < -0.39 is 47.1 Å². The van der Waals surface area contributed by atoms with Crippen molar-refractivity contribution in [2.75, 3.05) is 26.7 Å². The number of aliphatic hydroxyl groups is 1. The van der Waals surface area contributed by atoms with Gasteiger partial charge in [0.1, 0.15) is 11.8 Å². The van der Waals surface area contributed by atoms with Crippen molar-refractivity contribution in [1.29, 1.82) is 0 Å². The largest absolute Gasteiger partial charge is 0.504 e. The van der Waals surface area contributed by atoms with E-state index in [-0.39, 0.29) is 42.8 Å². The first kappa shape index (κ1) is 31.7. The Kier molecular flexibility index (Phi) is 8.92. The van der Waals surface area contributed by atoms with Crippen LogP contribution in [0, 0.1) is 0 Å². The Labute approximate surface area is 256 Å². The van der Waals surface area contributed by atoms with Gasteiger partial charge < -0.3 is 45.7 Å². The number of nitrogens with one attached hydrogen (secondary N) is 2. The van der Waals surface area contributed by atoms with Gasteiger partial charge in [-0.1, -0.05) is 6.07 Å². The Hall–Kier alpha value is -3.68. The van der Waals surface area contributed by atoms with Crippen LogP contribution in [0.3, 0.4) is 0 Å². The van der Waals surface area contributed by atoms with Crippen LogP contribution < -0.4 is 21.1 Å². The second kappa shape index (κ2) is 12.4. The predicted octanol–water partition coefficient (Wildman–Crippen LogP) is 0.285. The number of likely N-dealkylation sites (tertiary alicyclic amines) is 1. The monoisotopic (exact) mass is 614 g/mol. The van der Waals surface area contributed by atoms with E-state index in [9.17, 15) is 29.4 Å². The molecule has 13 heteroatoms. The van der Waals surface area contributed by atoms with Gasteiger partial charge in [0.15, 0.2) is 23.7 Å². The number of hydrogen-bond acceptors (Lipinski definition) is 11. The summed E-state index contributed by atoms with van der Waals surface area (Å²) in [7, 11) is 1.98. The molecule has 5 rings (SSSR count). The molecule has 2 aliphatic heterocycles. The molecule has 6 atom stereocenters. The van der Waals surface area contributed by atoms with Crippen LogP contribution >= 0.6 is 0 Å². The molecule has 13 nitrogen and oxygen atoms in total. The zero-order chi connectivity index (χ0) is 31.8. The fourth-order valence-corrected chi connectivity index (χ4v) is 7.36. The van der Waals surface area contributed by atoms with E-state index in [2.05, 4.69) is 15.5 Å². The summed E-state index contributed by atoms with van der Waals surface area (Å²) < 4.78 is 17.3. The Morgan fingerprint density at radius 3 is 2.75 bits per heavy atom. The molecule has 2 aliphatic carbocycles. The summed E-state index contributed by atoms with van der Waals surface area (Å²) in [5.41, 5.74) is 5.16. The SMILES string of the molecule is CC(=O)N[C@@H](CCCCN)C(=O)NCCC(=O)O[C@@H](C)C(=O)OC1=CC[C@]2(O)C3Cc4ccc(O)c5c4[C@@]2(CCN3C)[C@H]1O5. The second-order valence-corrected chi connectivity index (χ2v) is 12.2. The molecule has 4 aliphatic rings. The topological polar surface area (TPSA) is 190 Å². The van der Waals surface area contributed by atoms with Gasteiger partial charge in [0.2, 0.25) is 11.8 Å². The second-order valence-electron chi connectivity index (χ2n) is 12.2. The zero-order valence-electron chi connectivity index (χ0n) is 25.4. The molecule has 0 saturated carbocycles. The Balaban J connectivity index is 1.20. The fraction of sp³-hybridized carbons (Fsp3) is 0.613. The van der Waals surface area contributed by atoms with Gasteiger partial charge in [-0.25, -0.2) is 4.79 Å². The van der Waals surface area contributed by atoms with Gasteiger partial charge in [0.25, 0.3) is 0 Å². The lowest BCUT2D eigenvalue weighted by atomic mass is 9.50. The molecule has 0 aromatic heterocycles. The van der Waals surface area contributed by atoms with Crippen LogP contribution in [-0.2, 0) is 40.5 Å². The maximum atomic E-state index is 13.1. The van der Waals surface area contributed by atoms with Gasteiger partial charge in [-0.05, 0) is 76.9 Å². The molecule has 1 fully saturated rings. The smallest absolute Gasteiger partial charge is 0.352 e. The molecule has 2 bridgehead atoms. The lowest BCUT2D eigenvalue weighted by Crippen LogP contribution is -2.74. The number of benzene rings is 1. The molecule has 0 radical (unpaired) electrons. The van der Waals surface area contributed by atoms with E-state index in [1.165, 1.54) is 13.8 Å². The average molecular weight is 615 g/mol. The van der Waals surface area contributed by atoms with Crippen molar-refractivity contribution < 1.29 is 43.6 Å². The van der Waals surface area contributed by atoms with Gasteiger partial charge in [0.05, 0.1) is 17.4 Å². The number of nitrogens with zero attached hydrogens (tertiary/aromatic N) is 1. The van der Waals surface area contributed by atoms with Crippen LogP contribution in [0.5, 0.6) is 11.5 Å². The number of likely N-dealkylation sites (N-methyl/N-ethyl adjacent to an activating group) is 1. The van der Waals surface area contributed by atoms with Crippen molar-refractivity contribution >= 4 is 23.8 Å². The minimum Gasteiger partial charge on any atom is -0.504 e. The highest BCUT2D eigenvalue weighted by atomic mass is 16.6. The molecule has 1 aromatic carbocycles. The Morgan fingerprint density at radius 1 is 1.25 bits per heavy atom. The molecule has 1 unspecified atom stereocenters. The molecule has 44 heavy (non-hydrogen) atoms. The predicted molar refractivity (Wildman–Crippen MR) is 156 cm³/mol. The summed E-state index contributed by atoms with van der Waals surface area (Å²) in [6.45, 7) is 3.83. The number of piperidine rings is 1. The maximum absolute atomic E-state index is 13.1. The number of phenols is 1. The Morgan fingerprint density at radius 2 is 2.02 bits per heavy atom. The van der Waals surface area contributed by atoms with Crippen molar-refractivity contribution in [1.82, 2.24) is 15.5 Å². The molecular weight excluding hydrogens is 572 g/mol. The van der Waals surface area contributed by atoms with Crippen LogP contribution in [0.4, 0.5) is 0 Å². The number of ether oxygens (including phenoxy) is 3. The first-order valence-corrected chi connectivity index (χ1v) is 15.2. The number of carbonyl (C=O) groups excluding carboxylic acids is 4. The number of esters is 2. The van der Waals surface area contributed by atoms with Crippen molar-refractivity contribution in [2.45, 2.75) is 94.1 Å². The van der Waals surface area contributed by atoms with Crippen LogP contribution in [0.25, 0.3) is 0 Å². The van der Waals surface area contributed by atoms with Gasteiger partial charge >= 0.3 is 11.9 Å². The molecule has 6 N–H and O–H groups in total. The van der Waals surface area contributed by atoms with Crippen LogP contribution in [-0.4, -0.2) is 95.4 Å². The van der Waals surface area contributed by atoms with Crippen LogP contribution in [0.1, 0.15) is 63.5 Å². The first-order chi connectivity index (χ1) is 20.9. The van der Waals surface area contributed by atoms with Crippen LogP contribution in [0.2, 0.25) is 0 Å². The molecule has 1 saturated heterocycles. The lowest BCUT2D eigenvalue weighted by Gasteiger charge is -2.61. The molecular formula is C31H42N4O9. The standard InChI is InChI=1S/C31H42N4O9/c1-17(42-24(38)10-14-33-28(39)20(34-18(2)36)6-4-5-13-32)29(40)43-22-9-11-31(41)23-16-19-7-8-21(37)26-25(19)30(31,27(22)44-26)12-15-35(23)3/h7-9,17,20,23,27,37,41H,4-6,10-16,32H2,1-3H3,(H,33,39)(H,34,36)/t17-,20-,23?,27-,30-,31-/m0/s1. The van der Waals surface area contributed by atoms with E-state index in [1.54, 1.807) is 12.1 Å². The number of carbonyl (C=O) groups is 4. The molecule has 2 amide bonds. The normalized spacial score (nSPS) is 27.6. The third kappa shape index (κ3) is 5.41. The summed E-state index contributed by atoms with van der Waals surface area (Å²) in [4.78, 5) is 51.7. The van der Waals surface area contributed by atoms with Gasteiger partial charge in [-0.15, -0.1) is 0 Å². The van der Waals surface area contributed by atoms with Crippen molar-refractivity contribution in [3.8, 4) is 11.5 Å². The average Bonchev–Trinajstić information content (AvgIpc) is 3.33. The Bertz CT molecular complexity index is 1370. The maximum Gasteiger partial charge on any atom is 0.352 e. The third-order valence-electron chi connectivity index (χ3n) is 9.48. The summed E-state index contributed by atoms with van der Waals surface area (Å²) in [6.07, 6.45) is 2.50. The number of aromatic hydroxyl groups is 1. The number of unbranched alkanes of at least 4 members (excludes halogenated alkanes) is 1. The highest BCUT2D eigenvalue weighted by Crippen LogP contribution is 2.65. The minimum atomic E-state index is -1.26. The summed E-state index contributed by atoms with van der Waals surface area (Å²) in [5.74, 6) is -1.82. The van der Waals surface area contributed by atoms with Crippen molar-refractivity contribution in [2.24, 2.45) is 5.73 Å². The molecule has 240 valence electrons. The summed E-state index contributed by atoms with van der Waals surface area (Å²) in [5, 5.41) is 28.1. The van der Waals surface area contributed by atoms with Gasteiger partial charge in [-0.3, -0.25) is 14.4 Å². The van der Waals surface area contributed by atoms with Crippen LogP contribution in [0.15, 0.2) is 24.0 Å². The quantitative estimate of drug-likeness (QED) is 0.161. The zero-order valence-corrected chi connectivity index (χ0v) is 25.4.